The molecule has 0 bridgehead atoms. The fourth-order valence-corrected chi connectivity index (χ4v) is 1.89. The molecule has 0 amide bonds. The minimum absolute atomic E-state index is 0.0880. The van der Waals surface area contributed by atoms with E-state index in [1.165, 1.54) is 11.3 Å². The molecular formula is C11H16N2OS. The van der Waals surface area contributed by atoms with Crippen molar-refractivity contribution in [2.24, 2.45) is 5.41 Å². The zero-order chi connectivity index (χ0) is 11.3. The molecule has 0 aliphatic carbocycles. The summed E-state index contributed by atoms with van der Waals surface area (Å²) < 4.78 is 0. The number of nitrogens with zero attached hydrogens (tertiary/aromatic N) is 1. The van der Waals surface area contributed by atoms with Crippen LogP contribution in [0.5, 0.6) is 0 Å². The topological polar surface area (TPSA) is 56.0 Å². The Labute approximate surface area is 94.4 Å². The van der Waals surface area contributed by atoms with E-state index in [9.17, 15) is 0 Å². The van der Waals surface area contributed by atoms with E-state index in [4.69, 9.17) is 10.4 Å². The van der Waals surface area contributed by atoms with Crippen molar-refractivity contribution in [2.45, 2.75) is 20.4 Å². The van der Waals surface area contributed by atoms with Crippen LogP contribution >= 0.6 is 11.3 Å². The van der Waals surface area contributed by atoms with Gasteiger partial charge in [0.15, 0.2) is 0 Å². The average molecular weight is 224 g/mol. The van der Waals surface area contributed by atoms with Crippen LogP contribution in [0.2, 0.25) is 0 Å². The van der Waals surface area contributed by atoms with Crippen LogP contribution in [0.3, 0.4) is 0 Å². The zero-order valence-corrected chi connectivity index (χ0v) is 9.90. The van der Waals surface area contributed by atoms with E-state index < -0.39 is 0 Å². The lowest BCUT2D eigenvalue weighted by molar-refractivity contribution is 0.157. The van der Waals surface area contributed by atoms with Crippen LogP contribution < -0.4 is 5.32 Å². The third-order valence-electron chi connectivity index (χ3n) is 2.10. The first kappa shape index (κ1) is 12.2. The summed E-state index contributed by atoms with van der Waals surface area (Å²) in [6.07, 6.45) is 0. The maximum atomic E-state index is 9.05. The molecule has 1 rings (SSSR count). The first-order valence-electron chi connectivity index (χ1n) is 4.88. The summed E-state index contributed by atoms with van der Waals surface area (Å²) in [7, 11) is 0. The molecule has 1 aromatic rings. The number of aliphatic hydroxyl groups excluding tert-OH is 1. The van der Waals surface area contributed by atoms with Crippen LogP contribution in [0.1, 0.15) is 23.6 Å². The molecule has 1 heterocycles. The predicted octanol–water partition coefficient (Wildman–Crippen LogP) is 1.73. The third-order valence-corrected chi connectivity index (χ3v) is 3.09. The minimum Gasteiger partial charge on any atom is -0.396 e. The van der Waals surface area contributed by atoms with Gasteiger partial charge in [-0.2, -0.15) is 5.26 Å². The van der Waals surface area contributed by atoms with E-state index in [0.717, 1.165) is 22.8 Å². The van der Waals surface area contributed by atoms with Gasteiger partial charge in [-0.25, -0.2) is 0 Å². The highest BCUT2D eigenvalue weighted by atomic mass is 32.1. The number of nitriles is 1. The molecule has 0 aromatic carbocycles. The first-order valence-corrected chi connectivity index (χ1v) is 5.69. The average Bonchev–Trinajstić information content (AvgIpc) is 2.66. The van der Waals surface area contributed by atoms with Gasteiger partial charge in [-0.15, -0.1) is 11.3 Å². The molecule has 1 aromatic heterocycles. The van der Waals surface area contributed by atoms with E-state index in [-0.39, 0.29) is 12.0 Å². The maximum absolute atomic E-state index is 9.05. The minimum atomic E-state index is -0.0880. The lowest BCUT2D eigenvalue weighted by Crippen LogP contribution is -2.31. The SMILES string of the molecule is CC(C)(CO)CNCc1ccc(C#N)s1. The van der Waals surface area contributed by atoms with Gasteiger partial charge in [0.25, 0.3) is 0 Å². The summed E-state index contributed by atoms with van der Waals surface area (Å²) in [5.74, 6) is 0. The third kappa shape index (κ3) is 4.00. The summed E-state index contributed by atoms with van der Waals surface area (Å²) in [6, 6.07) is 5.91. The highest BCUT2D eigenvalue weighted by Crippen LogP contribution is 2.16. The van der Waals surface area contributed by atoms with Crippen LogP contribution in [0.4, 0.5) is 0 Å². The summed E-state index contributed by atoms with van der Waals surface area (Å²) in [5.41, 5.74) is -0.0880. The van der Waals surface area contributed by atoms with Crippen LogP contribution in [-0.4, -0.2) is 18.3 Å². The van der Waals surface area contributed by atoms with Gasteiger partial charge in [-0.05, 0) is 12.1 Å². The number of thiophene rings is 1. The molecule has 2 N–H and O–H groups in total. The molecule has 0 saturated carbocycles. The van der Waals surface area contributed by atoms with E-state index in [1.54, 1.807) is 0 Å². The monoisotopic (exact) mass is 224 g/mol. The maximum Gasteiger partial charge on any atom is 0.110 e. The Morgan fingerprint density at radius 1 is 1.53 bits per heavy atom. The Balaban J connectivity index is 2.35. The van der Waals surface area contributed by atoms with Crippen LogP contribution in [0.25, 0.3) is 0 Å². The molecule has 0 spiro atoms. The summed E-state index contributed by atoms with van der Waals surface area (Å²) in [6.45, 7) is 5.72. The van der Waals surface area contributed by atoms with Gasteiger partial charge in [0.2, 0.25) is 0 Å². The smallest absolute Gasteiger partial charge is 0.110 e. The van der Waals surface area contributed by atoms with Gasteiger partial charge < -0.3 is 10.4 Å². The molecule has 82 valence electrons. The molecule has 0 fully saturated rings. The normalized spacial score (nSPS) is 11.3. The molecule has 0 aliphatic heterocycles. The highest BCUT2D eigenvalue weighted by Gasteiger charge is 2.15. The van der Waals surface area contributed by atoms with Crippen molar-refractivity contribution in [3.05, 3.63) is 21.9 Å². The van der Waals surface area contributed by atoms with Crippen LogP contribution in [0.15, 0.2) is 12.1 Å². The number of aliphatic hydroxyl groups is 1. The van der Waals surface area contributed by atoms with Gasteiger partial charge in [0.1, 0.15) is 10.9 Å². The van der Waals surface area contributed by atoms with Crippen molar-refractivity contribution in [3.8, 4) is 6.07 Å². The molecule has 4 heteroatoms. The number of hydrogen-bond donors (Lipinski definition) is 2. The molecule has 0 atom stereocenters. The number of nitrogens with one attached hydrogen (secondary N) is 1. The standard InChI is InChI=1S/C11H16N2OS/c1-11(2,8-14)7-13-6-10-4-3-9(5-12)15-10/h3-4,13-14H,6-8H2,1-2H3. The lowest BCUT2D eigenvalue weighted by Gasteiger charge is -2.21. The summed E-state index contributed by atoms with van der Waals surface area (Å²) >= 11 is 1.50. The van der Waals surface area contributed by atoms with Gasteiger partial charge in [-0.1, -0.05) is 13.8 Å². The quantitative estimate of drug-likeness (QED) is 0.801. The Morgan fingerprint density at radius 2 is 2.27 bits per heavy atom. The molecule has 15 heavy (non-hydrogen) atoms. The highest BCUT2D eigenvalue weighted by molar-refractivity contribution is 7.12. The molecule has 3 nitrogen and oxygen atoms in total. The molecule has 0 radical (unpaired) electrons. The Morgan fingerprint density at radius 3 is 2.80 bits per heavy atom. The van der Waals surface area contributed by atoms with Crippen molar-refractivity contribution in [3.63, 3.8) is 0 Å². The predicted molar refractivity (Wildman–Crippen MR) is 61.6 cm³/mol. The zero-order valence-electron chi connectivity index (χ0n) is 9.08. The summed E-state index contributed by atoms with van der Waals surface area (Å²) in [4.78, 5) is 1.90. The van der Waals surface area contributed by atoms with Gasteiger partial charge in [-0.3, -0.25) is 0 Å². The van der Waals surface area contributed by atoms with E-state index in [0.29, 0.717) is 0 Å². The van der Waals surface area contributed by atoms with Crippen LogP contribution in [0, 0.1) is 16.7 Å². The fourth-order valence-electron chi connectivity index (χ4n) is 1.11. The van der Waals surface area contributed by atoms with Crippen molar-refractivity contribution in [1.82, 2.24) is 5.32 Å². The molecular weight excluding hydrogens is 208 g/mol. The van der Waals surface area contributed by atoms with Crippen LogP contribution in [-0.2, 0) is 6.54 Å². The second kappa shape index (κ2) is 5.26. The Kier molecular flexibility index (Phi) is 4.28. The Bertz CT molecular complexity index is 352. The lowest BCUT2D eigenvalue weighted by atomic mass is 9.95. The van der Waals surface area contributed by atoms with Gasteiger partial charge >= 0.3 is 0 Å². The Hall–Kier alpha value is -0.890. The molecule has 0 unspecified atom stereocenters. The molecule has 0 saturated heterocycles. The second-order valence-corrected chi connectivity index (χ2v) is 5.47. The largest absolute Gasteiger partial charge is 0.396 e. The van der Waals surface area contributed by atoms with E-state index >= 15 is 0 Å². The van der Waals surface area contributed by atoms with Crippen molar-refractivity contribution in [1.29, 1.82) is 5.26 Å². The van der Waals surface area contributed by atoms with Crippen molar-refractivity contribution >= 4 is 11.3 Å². The van der Waals surface area contributed by atoms with Crippen molar-refractivity contribution in [2.75, 3.05) is 13.2 Å². The summed E-state index contributed by atoms with van der Waals surface area (Å²) in [5, 5.41) is 21.0. The van der Waals surface area contributed by atoms with E-state index in [2.05, 4.69) is 11.4 Å². The first-order chi connectivity index (χ1) is 7.07. The number of hydrogen-bond acceptors (Lipinski definition) is 4. The number of rotatable bonds is 5. The van der Waals surface area contributed by atoms with E-state index in [1.807, 2.05) is 26.0 Å². The fraction of sp³-hybridized carbons (Fsp3) is 0.545. The van der Waals surface area contributed by atoms with Gasteiger partial charge in [0, 0.05) is 30.0 Å². The van der Waals surface area contributed by atoms with Crippen molar-refractivity contribution < 1.29 is 5.11 Å². The second-order valence-electron chi connectivity index (χ2n) is 4.30. The molecule has 0 aliphatic rings. The van der Waals surface area contributed by atoms with Gasteiger partial charge in [0.05, 0.1) is 0 Å².